The summed E-state index contributed by atoms with van der Waals surface area (Å²) in [5.41, 5.74) is 0. The second-order valence-corrected chi connectivity index (χ2v) is 7.32. The van der Waals surface area contributed by atoms with E-state index in [0.717, 1.165) is 12.8 Å². The molecule has 0 aliphatic carbocycles. The van der Waals surface area contributed by atoms with Crippen LogP contribution in [0.4, 0.5) is 0 Å². The highest BCUT2D eigenvalue weighted by molar-refractivity contribution is 5.69. The fourth-order valence-corrected chi connectivity index (χ4v) is 2.80. The first kappa shape index (κ1) is 26.3. The number of carbonyl (C=O) groups is 1. The molecule has 0 aromatic carbocycles. The average Bonchev–Trinajstić information content (AvgIpc) is 2.66. The van der Waals surface area contributed by atoms with Crippen molar-refractivity contribution in [2.75, 3.05) is 19.8 Å². The van der Waals surface area contributed by atoms with E-state index < -0.39 is 24.3 Å². The van der Waals surface area contributed by atoms with Gasteiger partial charge in [0.25, 0.3) is 0 Å². The molecule has 6 nitrogen and oxygen atoms in total. The maximum atomic E-state index is 11.2. The first-order valence-electron chi connectivity index (χ1n) is 10.8. The van der Waals surface area contributed by atoms with Crippen molar-refractivity contribution in [2.45, 2.75) is 109 Å². The van der Waals surface area contributed by atoms with Gasteiger partial charge in [0.2, 0.25) is 0 Å². The summed E-state index contributed by atoms with van der Waals surface area (Å²) in [7, 11) is 0. The highest BCUT2D eigenvalue weighted by atomic mass is 16.5. The van der Waals surface area contributed by atoms with Crippen molar-refractivity contribution in [1.82, 2.24) is 0 Å². The van der Waals surface area contributed by atoms with Gasteiger partial charge in [0.1, 0.15) is 24.9 Å². The molecule has 3 unspecified atom stereocenters. The molecule has 0 aliphatic rings. The Balaban J connectivity index is 3.53. The van der Waals surface area contributed by atoms with Crippen molar-refractivity contribution in [2.24, 2.45) is 0 Å². The molecular weight excluding hydrogens is 348 g/mol. The summed E-state index contributed by atoms with van der Waals surface area (Å²) >= 11 is 0. The van der Waals surface area contributed by atoms with Crippen LogP contribution in [0, 0.1) is 0 Å². The number of hydrogen-bond donors (Lipinski definition) is 3. The number of aliphatic hydroxyl groups excluding tert-OH is 3. The molecule has 0 aromatic heterocycles. The maximum absolute atomic E-state index is 11.2. The molecule has 3 atom stereocenters. The van der Waals surface area contributed by atoms with Crippen LogP contribution in [0.25, 0.3) is 0 Å². The molecule has 0 spiro atoms. The van der Waals surface area contributed by atoms with Gasteiger partial charge in [0.05, 0.1) is 6.61 Å². The Hall–Kier alpha value is -0.690. The summed E-state index contributed by atoms with van der Waals surface area (Å²) in [6, 6.07) is 0. The van der Waals surface area contributed by atoms with Gasteiger partial charge in [-0.2, -0.15) is 0 Å². The first-order chi connectivity index (χ1) is 13.0. The minimum absolute atomic E-state index is 0.0431. The quantitative estimate of drug-likeness (QED) is 0.231. The summed E-state index contributed by atoms with van der Waals surface area (Å²) in [5.74, 6) is -0.421. The second kappa shape index (κ2) is 18.7. The highest BCUT2D eigenvalue weighted by Crippen LogP contribution is 2.10. The number of carbonyl (C=O) groups excluding carboxylic acids is 1. The number of aliphatic hydroxyl groups is 3. The van der Waals surface area contributed by atoms with E-state index in [1.807, 2.05) is 6.92 Å². The fourth-order valence-electron chi connectivity index (χ4n) is 2.80. The van der Waals surface area contributed by atoms with Gasteiger partial charge in [0, 0.05) is 13.0 Å². The summed E-state index contributed by atoms with van der Waals surface area (Å²) in [5, 5.41) is 29.4. The van der Waals surface area contributed by atoms with Crippen LogP contribution in [0.3, 0.4) is 0 Å². The average molecular weight is 391 g/mol. The Kier molecular flexibility index (Phi) is 18.2. The van der Waals surface area contributed by atoms with Crippen LogP contribution in [0.15, 0.2) is 0 Å². The van der Waals surface area contributed by atoms with Crippen LogP contribution in [0.1, 0.15) is 90.9 Å². The van der Waals surface area contributed by atoms with Crippen molar-refractivity contribution in [1.29, 1.82) is 0 Å². The lowest BCUT2D eigenvalue weighted by atomic mass is 10.1. The topological polar surface area (TPSA) is 96.2 Å². The number of rotatable bonds is 19. The van der Waals surface area contributed by atoms with E-state index in [0.29, 0.717) is 13.0 Å². The van der Waals surface area contributed by atoms with Gasteiger partial charge < -0.3 is 24.8 Å². The van der Waals surface area contributed by atoms with Crippen molar-refractivity contribution < 1.29 is 29.6 Å². The zero-order valence-corrected chi connectivity index (χ0v) is 17.4. The van der Waals surface area contributed by atoms with E-state index in [-0.39, 0.29) is 19.6 Å². The first-order valence-corrected chi connectivity index (χ1v) is 10.8. The summed E-state index contributed by atoms with van der Waals surface area (Å²) in [4.78, 5) is 11.2. The number of esters is 1. The van der Waals surface area contributed by atoms with Gasteiger partial charge in [-0.3, -0.25) is 4.79 Å². The molecular formula is C21H42O6. The number of hydrogen-bond acceptors (Lipinski definition) is 6. The molecule has 6 heteroatoms. The zero-order valence-electron chi connectivity index (χ0n) is 17.4. The lowest BCUT2D eigenvalue weighted by molar-refractivity contribution is -0.153. The molecule has 0 saturated carbocycles. The molecule has 0 rings (SSSR count). The molecule has 0 radical (unpaired) electrons. The predicted molar refractivity (Wildman–Crippen MR) is 107 cm³/mol. The lowest BCUT2D eigenvalue weighted by Gasteiger charge is -2.22. The standard InChI is InChI=1S/C21H42O6/c1-3-5-6-7-8-9-10-11-12-13-15-26-16-18(22)21(25)19(23)17-27-20(24)14-4-2/h18-19,21-23,25H,3-17H2,1-2H3. The maximum Gasteiger partial charge on any atom is 0.305 e. The van der Waals surface area contributed by atoms with Crippen molar-refractivity contribution in [3.63, 3.8) is 0 Å². The van der Waals surface area contributed by atoms with E-state index in [4.69, 9.17) is 9.47 Å². The van der Waals surface area contributed by atoms with Crippen molar-refractivity contribution in [3.05, 3.63) is 0 Å². The Labute approximate surface area is 165 Å². The second-order valence-electron chi connectivity index (χ2n) is 7.32. The van der Waals surface area contributed by atoms with E-state index >= 15 is 0 Å². The SMILES string of the molecule is CCCCCCCCCCCCOCC(O)C(O)C(O)COC(=O)CCC. The lowest BCUT2D eigenvalue weighted by Crippen LogP contribution is -2.42. The molecule has 162 valence electrons. The molecule has 0 bridgehead atoms. The predicted octanol–water partition coefficient (Wildman–Crippen LogP) is 3.35. The van der Waals surface area contributed by atoms with Crippen LogP contribution < -0.4 is 0 Å². The third-order valence-corrected chi connectivity index (χ3v) is 4.59. The molecule has 27 heavy (non-hydrogen) atoms. The Bertz CT molecular complexity index is 337. The van der Waals surface area contributed by atoms with Gasteiger partial charge in [-0.25, -0.2) is 0 Å². The minimum atomic E-state index is -1.40. The molecule has 0 aliphatic heterocycles. The summed E-state index contributed by atoms with van der Waals surface area (Å²) < 4.78 is 10.2. The Morgan fingerprint density at radius 1 is 0.741 bits per heavy atom. The molecule has 0 saturated heterocycles. The molecule has 0 heterocycles. The van der Waals surface area contributed by atoms with Gasteiger partial charge in [-0.1, -0.05) is 71.6 Å². The fraction of sp³-hybridized carbons (Fsp3) is 0.952. The zero-order chi connectivity index (χ0) is 20.3. The molecule has 0 fully saturated rings. The van der Waals surface area contributed by atoms with Crippen molar-refractivity contribution >= 4 is 5.97 Å². The van der Waals surface area contributed by atoms with Crippen molar-refractivity contribution in [3.8, 4) is 0 Å². The summed E-state index contributed by atoms with van der Waals surface area (Å²) in [6.45, 7) is 4.24. The number of unbranched alkanes of at least 4 members (excludes halogenated alkanes) is 9. The van der Waals surface area contributed by atoms with E-state index in [2.05, 4.69) is 6.92 Å². The molecule has 0 amide bonds. The van der Waals surface area contributed by atoms with Crippen LogP contribution >= 0.6 is 0 Å². The van der Waals surface area contributed by atoms with Gasteiger partial charge in [-0.05, 0) is 12.8 Å². The Morgan fingerprint density at radius 2 is 1.26 bits per heavy atom. The van der Waals surface area contributed by atoms with Crippen LogP contribution in [-0.2, 0) is 14.3 Å². The van der Waals surface area contributed by atoms with E-state index in [1.54, 1.807) is 0 Å². The third kappa shape index (κ3) is 16.0. The van der Waals surface area contributed by atoms with Gasteiger partial charge in [0.15, 0.2) is 0 Å². The van der Waals surface area contributed by atoms with Crippen LogP contribution in [-0.4, -0.2) is 59.4 Å². The molecule has 0 aromatic rings. The van der Waals surface area contributed by atoms with Gasteiger partial charge >= 0.3 is 5.97 Å². The molecule has 3 N–H and O–H groups in total. The van der Waals surface area contributed by atoms with E-state index in [1.165, 1.54) is 51.4 Å². The smallest absolute Gasteiger partial charge is 0.305 e. The van der Waals surface area contributed by atoms with Crippen LogP contribution in [0.5, 0.6) is 0 Å². The van der Waals surface area contributed by atoms with E-state index in [9.17, 15) is 20.1 Å². The normalized spacial score (nSPS) is 14.7. The van der Waals surface area contributed by atoms with Gasteiger partial charge in [-0.15, -0.1) is 0 Å². The highest BCUT2D eigenvalue weighted by Gasteiger charge is 2.25. The summed E-state index contributed by atoms with van der Waals surface area (Å²) in [6.07, 6.45) is 9.47. The number of ether oxygens (including phenoxy) is 2. The monoisotopic (exact) mass is 390 g/mol. The minimum Gasteiger partial charge on any atom is -0.463 e. The largest absolute Gasteiger partial charge is 0.463 e. The Morgan fingerprint density at radius 3 is 1.81 bits per heavy atom. The third-order valence-electron chi connectivity index (χ3n) is 4.59. The van der Waals surface area contributed by atoms with Crippen LogP contribution in [0.2, 0.25) is 0 Å².